The van der Waals surface area contributed by atoms with Crippen LogP contribution in [-0.4, -0.2) is 23.4 Å². The number of nitro benzene ring substituents is 1. The summed E-state index contributed by atoms with van der Waals surface area (Å²) in [6.07, 6.45) is 0. The second-order valence-electron chi connectivity index (χ2n) is 5.43. The molecule has 3 aromatic rings. The van der Waals surface area contributed by atoms with Crippen molar-refractivity contribution in [1.82, 2.24) is 0 Å². The molecule has 0 unspecified atom stereocenters. The highest BCUT2D eigenvalue weighted by Crippen LogP contribution is 2.36. The van der Waals surface area contributed by atoms with Gasteiger partial charge in [0.25, 0.3) is 11.6 Å². The molecule has 0 atom stereocenters. The lowest BCUT2D eigenvalue weighted by Crippen LogP contribution is -2.20. The van der Waals surface area contributed by atoms with Crippen molar-refractivity contribution in [3.05, 3.63) is 67.3 Å². The van der Waals surface area contributed by atoms with Crippen molar-refractivity contribution in [3.8, 4) is 0 Å². The maximum absolute atomic E-state index is 13.3. The van der Waals surface area contributed by atoms with E-state index in [2.05, 4.69) is 5.32 Å². The van der Waals surface area contributed by atoms with Crippen LogP contribution in [0.15, 0.2) is 36.4 Å². The molecule has 2 aromatic carbocycles. The van der Waals surface area contributed by atoms with E-state index in [1.165, 1.54) is 30.3 Å². The van der Waals surface area contributed by atoms with Crippen molar-refractivity contribution in [2.24, 2.45) is 0 Å². The van der Waals surface area contributed by atoms with Crippen LogP contribution in [0.3, 0.4) is 0 Å². The first-order valence-electron chi connectivity index (χ1n) is 7.54. The molecule has 0 aliphatic carbocycles. The molecule has 144 valence electrons. The predicted octanol–water partition coefficient (Wildman–Crippen LogP) is 5.05. The monoisotopic (exact) mass is 442 g/mol. The zero-order chi connectivity index (χ0) is 20.4. The van der Waals surface area contributed by atoms with Crippen LogP contribution in [-0.2, 0) is 9.53 Å². The highest BCUT2D eigenvalue weighted by Gasteiger charge is 2.20. The van der Waals surface area contributed by atoms with E-state index in [-0.39, 0.29) is 26.3 Å². The Hall–Kier alpha value is -2.75. The molecule has 1 amide bonds. The van der Waals surface area contributed by atoms with E-state index >= 15 is 0 Å². The molecule has 1 N–H and O–H groups in total. The number of nitrogens with one attached hydrogen (secondary N) is 1. The molecule has 1 heterocycles. The zero-order valence-corrected chi connectivity index (χ0v) is 16.0. The van der Waals surface area contributed by atoms with Gasteiger partial charge in [-0.3, -0.25) is 14.9 Å². The first kappa shape index (κ1) is 20.0. The fourth-order valence-electron chi connectivity index (χ4n) is 2.27. The summed E-state index contributed by atoms with van der Waals surface area (Å²) in [5.41, 5.74) is -0.103. The highest BCUT2D eigenvalue weighted by molar-refractivity contribution is 7.21. The number of anilines is 1. The van der Waals surface area contributed by atoms with Crippen LogP contribution in [0.1, 0.15) is 9.67 Å². The van der Waals surface area contributed by atoms with Crippen LogP contribution in [0.4, 0.5) is 15.8 Å². The number of nitro groups is 1. The first-order chi connectivity index (χ1) is 13.3. The standard InChI is InChI=1S/C17H9Cl2FN2O5S/c18-11-6-9(22(25)26)2-4-12(11)21-14(23)7-27-17(24)16-15(19)10-3-1-8(20)5-13(10)28-16/h1-6H,7H2,(H,21,23). The van der Waals surface area contributed by atoms with Gasteiger partial charge < -0.3 is 10.1 Å². The third-order valence-corrected chi connectivity index (χ3v) is 5.50. The number of non-ortho nitro benzene ring substituents is 1. The smallest absolute Gasteiger partial charge is 0.350 e. The summed E-state index contributed by atoms with van der Waals surface area (Å²) in [6, 6.07) is 7.42. The Morgan fingerprint density at radius 1 is 1.21 bits per heavy atom. The predicted molar refractivity (Wildman–Crippen MR) is 104 cm³/mol. The Morgan fingerprint density at radius 3 is 2.64 bits per heavy atom. The number of hydrogen-bond acceptors (Lipinski definition) is 6. The quantitative estimate of drug-likeness (QED) is 0.338. The summed E-state index contributed by atoms with van der Waals surface area (Å²) < 4.78 is 18.7. The summed E-state index contributed by atoms with van der Waals surface area (Å²) in [7, 11) is 0. The lowest BCUT2D eigenvalue weighted by molar-refractivity contribution is -0.384. The molecular weight excluding hydrogens is 434 g/mol. The molecule has 0 spiro atoms. The number of halogens is 3. The van der Waals surface area contributed by atoms with Crippen LogP contribution in [0.25, 0.3) is 10.1 Å². The third kappa shape index (κ3) is 4.22. The van der Waals surface area contributed by atoms with Crippen LogP contribution in [0.2, 0.25) is 10.0 Å². The number of rotatable bonds is 5. The van der Waals surface area contributed by atoms with Gasteiger partial charge >= 0.3 is 5.97 Å². The third-order valence-electron chi connectivity index (χ3n) is 3.55. The highest BCUT2D eigenvalue weighted by atomic mass is 35.5. The number of esters is 1. The number of ether oxygens (including phenoxy) is 1. The number of carbonyl (C=O) groups is 2. The number of amides is 1. The second-order valence-corrected chi connectivity index (χ2v) is 7.27. The van der Waals surface area contributed by atoms with Gasteiger partial charge in [-0.15, -0.1) is 11.3 Å². The van der Waals surface area contributed by atoms with Crippen molar-refractivity contribution in [3.63, 3.8) is 0 Å². The van der Waals surface area contributed by atoms with Crippen LogP contribution >= 0.6 is 34.5 Å². The van der Waals surface area contributed by atoms with Crippen molar-refractivity contribution in [1.29, 1.82) is 0 Å². The Kier molecular flexibility index (Phi) is 5.78. The molecule has 0 saturated carbocycles. The molecule has 0 aliphatic rings. The molecule has 11 heteroatoms. The van der Waals surface area contributed by atoms with E-state index in [4.69, 9.17) is 27.9 Å². The lowest BCUT2D eigenvalue weighted by Gasteiger charge is -2.07. The Bertz CT molecular complexity index is 1120. The molecule has 28 heavy (non-hydrogen) atoms. The number of thiophene rings is 1. The van der Waals surface area contributed by atoms with Crippen LogP contribution in [0.5, 0.6) is 0 Å². The van der Waals surface area contributed by atoms with Gasteiger partial charge in [0.2, 0.25) is 0 Å². The van der Waals surface area contributed by atoms with Crippen molar-refractivity contribution in [2.75, 3.05) is 11.9 Å². The van der Waals surface area contributed by atoms with E-state index in [0.717, 1.165) is 17.4 Å². The summed E-state index contributed by atoms with van der Waals surface area (Å²) in [5, 5.41) is 13.6. The lowest BCUT2D eigenvalue weighted by atomic mass is 10.2. The molecule has 3 rings (SSSR count). The topological polar surface area (TPSA) is 98.5 Å². The minimum absolute atomic E-state index is 0.0385. The minimum atomic E-state index is -0.837. The van der Waals surface area contributed by atoms with Gasteiger partial charge in [-0.25, -0.2) is 9.18 Å². The van der Waals surface area contributed by atoms with Crippen LogP contribution < -0.4 is 5.32 Å². The average Bonchev–Trinajstić information content (AvgIpc) is 2.97. The molecule has 0 radical (unpaired) electrons. The van der Waals surface area contributed by atoms with E-state index in [1.54, 1.807) is 0 Å². The number of benzene rings is 2. The average molecular weight is 443 g/mol. The fraction of sp³-hybridized carbons (Fsp3) is 0.0588. The molecule has 7 nitrogen and oxygen atoms in total. The van der Waals surface area contributed by atoms with Crippen molar-refractivity contribution in [2.45, 2.75) is 0 Å². The summed E-state index contributed by atoms with van der Waals surface area (Å²) in [5.74, 6) is -2.01. The summed E-state index contributed by atoms with van der Waals surface area (Å²) in [4.78, 5) is 34.3. The Balaban J connectivity index is 1.65. The van der Waals surface area contributed by atoms with Crippen molar-refractivity contribution >= 4 is 67.9 Å². The zero-order valence-electron chi connectivity index (χ0n) is 13.7. The number of carbonyl (C=O) groups excluding carboxylic acids is 2. The van der Waals surface area contributed by atoms with Gasteiger partial charge in [0.15, 0.2) is 6.61 Å². The molecule has 0 fully saturated rings. The normalized spacial score (nSPS) is 10.7. The van der Waals surface area contributed by atoms with Gasteiger partial charge in [-0.1, -0.05) is 23.2 Å². The van der Waals surface area contributed by atoms with Gasteiger partial charge in [0, 0.05) is 22.2 Å². The Morgan fingerprint density at radius 2 is 1.96 bits per heavy atom. The second kappa shape index (κ2) is 8.09. The maximum Gasteiger partial charge on any atom is 0.350 e. The minimum Gasteiger partial charge on any atom is -0.451 e. The van der Waals surface area contributed by atoms with Crippen molar-refractivity contribution < 1.29 is 23.6 Å². The van der Waals surface area contributed by atoms with Gasteiger partial charge in [-0.05, 0) is 24.3 Å². The molecular formula is C17H9Cl2FN2O5S. The SMILES string of the molecule is O=C(COC(=O)c1sc2cc(F)ccc2c1Cl)Nc1ccc([N+](=O)[O-])cc1Cl. The molecule has 0 saturated heterocycles. The van der Waals surface area contributed by atoms with E-state index < -0.39 is 29.2 Å². The first-order valence-corrected chi connectivity index (χ1v) is 9.12. The van der Waals surface area contributed by atoms with E-state index in [9.17, 15) is 24.1 Å². The molecule has 1 aromatic heterocycles. The summed E-state index contributed by atoms with van der Waals surface area (Å²) in [6.45, 7) is -0.634. The fourth-order valence-corrected chi connectivity index (χ4v) is 3.92. The molecule has 0 aliphatic heterocycles. The van der Waals surface area contributed by atoms with E-state index in [1.807, 2.05) is 0 Å². The summed E-state index contributed by atoms with van der Waals surface area (Å²) >= 11 is 13.0. The number of fused-ring (bicyclic) bond motifs is 1. The number of hydrogen-bond donors (Lipinski definition) is 1. The Labute approximate surface area is 170 Å². The van der Waals surface area contributed by atoms with Gasteiger partial charge in [0.05, 0.1) is 20.7 Å². The number of nitrogens with zero attached hydrogens (tertiary/aromatic N) is 1. The molecule has 0 bridgehead atoms. The van der Waals surface area contributed by atoms with Gasteiger partial charge in [0.1, 0.15) is 10.7 Å². The van der Waals surface area contributed by atoms with Gasteiger partial charge in [-0.2, -0.15) is 0 Å². The van der Waals surface area contributed by atoms with E-state index in [0.29, 0.717) is 10.1 Å². The maximum atomic E-state index is 13.3. The largest absolute Gasteiger partial charge is 0.451 e. The van der Waals surface area contributed by atoms with Crippen LogP contribution in [0, 0.1) is 15.9 Å².